The molecule has 2 saturated heterocycles. The maximum absolute atomic E-state index is 14.4. The van der Waals surface area contributed by atoms with Gasteiger partial charge in [-0.15, -0.1) is 0 Å². The number of hydrogen-bond donors (Lipinski definition) is 3. The lowest BCUT2D eigenvalue weighted by Crippen LogP contribution is -2.61. The number of piperidine rings is 1. The average molecular weight is 917 g/mol. The lowest BCUT2D eigenvalue weighted by Gasteiger charge is -2.42. The van der Waals surface area contributed by atoms with Gasteiger partial charge >= 0.3 is 5.97 Å². The van der Waals surface area contributed by atoms with Crippen LogP contribution in [0.25, 0.3) is 0 Å². The zero-order chi connectivity index (χ0) is 50.7. The minimum Gasteiger partial charge on any atom is -0.460 e. The first-order valence-corrected chi connectivity index (χ1v) is 23.7. The third-order valence-corrected chi connectivity index (χ3v) is 14.3. The molecule has 3 fully saturated rings. The first-order chi connectivity index (χ1) is 31.9. The second kappa shape index (κ2) is 25.1. The first-order valence-electron chi connectivity index (χ1n) is 25.2. The van der Waals surface area contributed by atoms with Crippen molar-refractivity contribution in [1.29, 1.82) is 0 Å². The van der Waals surface area contributed by atoms with Crippen LogP contribution in [0, 0.1) is 35.5 Å². The zero-order valence-corrected chi connectivity index (χ0v) is 40.1. The van der Waals surface area contributed by atoms with Crippen LogP contribution >= 0.6 is 0 Å². The maximum Gasteiger partial charge on any atom is 0.329 e. The van der Waals surface area contributed by atoms with Gasteiger partial charge in [-0.2, -0.15) is 0 Å². The molecular weight excluding hydrogens is 835 g/mol. The summed E-state index contributed by atoms with van der Waals surface area (Å²) in [6.07, 6.45) is 8.32. The fourth-order valence-corrected chi connectivity index (χ4v) is 9.98. The summed E-state index contributed by atoms with van der Waals surface area (Å²) >= 11 is 0. The highest BCUT2D eigenvalue weighted by Crippen LogP contribution is 2.38. The van der Waals surface area contributed by atoms with Crippen molar-refractivity contribution in [2.45, 2.75) is 180 Å². The molecule has 0 radical (unpaired) electrons. The van der Waals surface area contributed by atoms with Crippen molar-refractivity contribution in [3.8, 4) is 0 Å². The molecule has 0 unspecified atom stereocenters. The van der Waals surface area contributed by atoms with Crippen molar-refractivity contribution in [3.05, 3.63) is 47.6 Å². The molecule has 1 aliphatic carbocycles. The van der Waals surface area contributed by atoms with Gasteiger partial charge in [0.25, 0.3) is 11.7 Å². The van der Waals surface area contributed by atoms with Gasteiger partial charge in [0, 0.05) is 58.4 Å². The van der Waals surface area contributed by atoms with Crippen molar-refractivity contribution in [1.82, 2.24) is 4.90 Å². The molecule has 65 heavy (non-hydrogen) atoms. The number of amides is 1. The van der Waals surface area contributed by atoms with E-state index in [1.165, 1.54) is 7.11 Å². The van der Waals surface area contributed by atoms with Gasteiger partial charge in [0.1, 0.15) is 30.1 Å². The van der Waals surface area contributed by atoms with Crippen molar-refractivity contribution in [2.75, 3.05) is 27.8 Å². The Morgan fingerprint density at radius 3 is 2.32 bits per heavy atom. The molecule has 0 aromatic carbocycles. The van der Waals surface area contributed by atoms with E-state index in [4.69, 9.17) is 27.8 Å². The summed E-state index contributed by atoms with van der Waals surface area (Å²) in [5.41, 5.74) is 0.882. The van der Waals surface area contributed by atoms with E-state index in [9.17, 15) is 39.3 Å². The highest BCUT2D eigenvalue weighted by atomic mass is 16.6. The Balaban J connectivity index is 1.73. The lowest BCUT2D eigenvalue weighted by atomic mass is 9.78. The standard InChI is InChI=1S/C51H79NO13/c1-30-16-12-11-13-17-31(2)42(61-8)28-38-21-19-36(7)51(60,65-38)48(57)49(58)52-23-15-14-18-39(52)50(59)64-43(33(4)26-37-20-22-40(53)44(27-37)62-9)29-41(54)32(3)25-35(6)46(56)47(63-10)45(55)34(5)24-30/h11-13,16-17,25,30,32-34,36-40,42-44,46-47,53,56,60H,14-15,18-24,26-29H2,1-10H3/b13-11+,16-12+,31-17+,35-25+/t30-,32-,33-,34-,36-,37+,38+,39+,40-,42-,43+,44-,46-,47+,51-/m1/s1/i8D3. The van der Waals surface area contributed by atoms with Crippen molar-refractivity contribution in [2.24, 2.45) is 35.5 Å². The highest BCUT2D eigenvalue weighted by Gasteiger charge is 2.53. The van der Waals surface area contributed by atoms with Gasteiger partial charge in [0.15, 0.2) is 5.78 Å². The van der Waals surface area contributed by atoms with Crippen molar-refractivity contribution >= 4 is 29.2 Å². The third kappa shape index (κ3) is 14.3. The Hall–Kier alpha value is -3.37. The molecule has 14 heteroatoms. The van der Waals surface area contributed by atoms with Crippen LogP contribution in [-0.4, -0.2) is 132 Å². The third-order valence-electron chi connectivity index (χ3n) is 14.3. The van der Waals surface area contributed by atoms with E-state index in [0.29, 0.717) is 62.5 Å². The number of aliphatic hydroxyl groups is 3. The molecule has 1 saturated carbocycles. The number of cyclic esters (lactones) is 1. The van der Waals surface area contributed by atoms with E-state index in [1.54, 1.807) is 72.1 Å². The number of ether oxygens (including phenoxy) is 5. The number of carbonyl (C=O) groups excluding carboxylic acids is 5. The Bertz CT molecular complexity index is 1870. The zero-order valence-electron chi connectivity index (χ0n) is 43.1. The van der Waals surface area contributed by atoms with Crippen LogP contribution in [0.4, 0.5) is 0 Å². The molecule has 0 spiro atoms. The molecule has 366 valence electrons. The number of esters is 1. The van der Waals surface area contributed by atoms with Crippen LogP contribution in [0.3, 0.4) is 0 Å². The summed E-state index contributed by atoms with van der Waals surface area (Å²) in [4.78, 5) is 71.9. The van der Waals surface area contributed by atoms with Gasteiger partial charge in [0.2, 0.25) is 5.79 Å². The van der Waals surface area contributed by atoms with Crippen LogP contribution in [0.15, 0.2) is 47.6 Å². The van der Waals surface area contributed by atoms with Crippen LogP contribution in [0.2, 0.25) is 0 Å². The van der Waals surface area contributed by atoms with E-state index in [2.05, 4.69) is 0 Å². The number of nitrogens with zero attached hydrogens (tertiary/aromatic N) is 1. The van der Waals surface area contributed by atoms with Gasteiger partial charge < -0.3 is 43.9 Å². The number of allylic oxidation sites excluding steroid dienone is 6. The number of Topliss-reactive ketones (excluding diaryl/α,β-unsaturated/α-hetero) is 3. The molecule has 0 aromatic rings. The lowest BCUT2D eigenvalue weighted by molar-refractivity contribution is -0.265. The van der Waals surface area contributed by atoms with E-state index >= 15 is 0 Å². The Morgan fingerprint density at radius 2 is 1.63 bits per heavy atom. The Kier molecular flexibility index (Phi) is 19.1. The van der Waals surface area contributed by atoms with Crippen LogP contribution < -0.4 is 0 Å². The number of aliphatic hydroxyl groups excluding tert-OH is 2. The van der Waals surface area contributed by atoms with Gasteiger partial charge in [-0.25, -0.2) is 4.79 Å². The summed E-state index contributed by atoms with van der Waals surface area (Å²) in [5.74, 6) is -8.82. The number of hydrogen-bond acceptors (Lipinski definition) is 13. The molecule has 0 aromatic heterocycles. The smallest absolute Gasteiger partial charge is 0.329 e. The topological polar surface area (TPSA) is 195 Å². The number of rotatable bonds is 6. The van der Waals surface area contributed by atoms with Gasteiger partial charge in [-0.05, 0) is 107 Å². The molecule has 4 rings (SSSR count). The summed E-state index contributed by atoms with van der Waals surface area (Å²) in [6.45, 7) is 12.2. The molecule has 4 aliphatic rings. The molecule has 15 atom stereocenters. The molecule has 3 aliphatic heterocycles. The van der Waals surface area contributed by atoms with Gasteiger partial charge in [-0.3, -0.25) is 19.2 Å². The monoisotopic (exact) mass is 917 g/mol. The fourth-order valence-electron chi connectivity index (χ4n) is 9.98. The normalized spacial score (nSPS) is 41.3. The van der Waals surface area contributed by atoms with E-state index in [-0.39, 0.29) is 67.7 Å². The van der Waals surface area contributed by atoms with Crippen LogP contribution in [0.5, 0.6) is 0 Å². The van der Waals surface area contributed by atoms with Gasteiger partial charge in [-0.1, -0.05) is 71.1 Å². The summed E-state index contributed by atoms with van der Waals surface area (Å²) in [6, 6.07) is -1.21. The second-order valence-corrected chi connectivity index (χ2v) is 19.5. The quantitative estimate of drug-likeness (QED) is 0.155. The molecule has 2 bridgehead atoms. The molecular formula is C51H79NO13. The Morgan fingerprint density at radius 1 is 0.892 bits per heavy atom. The fraction of sp³-hybridized carbons (Fsp3) is 0.745. The highest BCUT2D eigenvalue weighted by molar-refractivity contribution is 6.39. The summed E-state index contributed by atoms with van der Waals surface area (Å²) < 4.78 is 52.5. The van der Waals surface area contributed by atoms with E-state index in [0.717, 1.165) is 4.90 Å². The minimum atomic E-state index is -2.80. The molecule has 3 N–H and O–H groups in total. The van der Waals surface area contributed by atoms with E-state index in [1.807, 2.05) is 19.9 Å². The molecule has 1 amide bonds. The molecule has 3 heterocycles. The summed E-state index contributed by atoms with van der Waals surface area (Å²) in [7, 11) is 0.102. The van der Waals surface area contributed by atoms with Crippen LogP contribution in [-0.2, 0) is 47.7 Å². The number of carbonyl (C=O) groups is 5. The van der Waals surface area contributed by atoms with Gasteiger partial charge in [0.05, 0.1) is 28.5 Å². The molecule has 14 nitrogen and oxygen atoms in total. The SMILES string of the molecule is [2H]C([2H])([2H])O[C@@H]1C[C@@H]2CC[C@@H](C)[C@@](O)(O2)C(=O)C(=O)N2CCCC[C@H]2C(=O)O[C@H]([C@H](C)C[C@@H]2CC[C@@H](O)[C@H](OC)C2)CC(=O)[C@H](C)/C=C(\C)[C@@H](O)[C@@H](OC)C(=O)[C@H](C)C[C@H](C)/C=C/C=C/C=C/1C. The average Bonchev–Trinajstić information content (AvgIpc) is 3.28. The minimum absolute atomic E-state index is 0.0213. The van der Waals surface area contributed by atoms with Crippen molar-refractivity contribution < 1.29 is 67.1 Å². The predicted molar refractivity (Wildman–Crippen MR) is 245 cm³/mol. The Labute approximate surface area is 391 Å². The van der Waals surface area contributed by atoms with Crippen LogP contribution in [0.1, 0.15) is 130 Å². The second-order valence-electron chi connectivity index (χ2n) is 19.5. The van der Waals surface area contributed by atoms with E-state index < -0.39 is 90.9 Å². The largest absolute Gasteiger partial charge is 0.460 e. The first kappa shape index (κ1) is 49.5. The summed E-state index contributed by atoms with van der Waals surface area (Å²) in [5, 5.41) is 33.9. The van der Waals surface area contributed by atoms with Crippen molar-refractivity contribution in [3.63, 3.8) is 0 Å². The number of fused-ring (bicyclic) bond motifs is 3. The maximum atomic E-state index is 14.4. The number of ketones is 3. The predicted octanol–water partition coefficient (Wildman–Crippen LogP) is 6.18. The number of methoxy groups -OCH3 is 3.